The van der Waals surface area contributed by atoms with Crippen molar-refractivity contribution in [2.24, 2.45) is 11.8 Å². The molecule has 0 bridgehead atoms. The maximum Gasteiger partial charge on any atom is 0.322 e. The van der Waals surface area contributed by atoms with E-state index in [9.17, 15) is 9.59 Å². The first-order chi connectivity index (χ1) is 16.4. The van der Waals surface area contributed by atoms with Gasteiger partial charge in [0, 0.05) is 18.7 Å². The molecule has 0 radical (unpaired) electrons. The van der Waals surface area contributed by atoms with Gasteiger partial charge in [-0.05, 0) is 42.0 Å². The summed E-state index contributed by atoms with van der Waals surface area (Å²) in [5.74, 6) is 2.52. The first-order valence-corrected chi connectivity index (χ1v) is 12.0. The van der Waals surface area contributed by atoms with E-state index in [2.05, 4.69) is 24.5 Å². The molecule has 34 heavy (non-hydrogen) atoms. The van der Waals surface area contributed by atoms with Crippen LogP contribution in [0.3, 0.4) is 0 Å². The zero-order chi connectivity index (χ0) is 23.8. The molecule has 9 heteroatoms. The normalized spacial score (nSPS) is 22.9. The van der Waals surface area contributed by atoms with Crippen LogP contribution in [0.5, 0.6) is 17.2 Å². The average molecular weight is 486 g/mol. The van der Waals surface area contributed by atoms with E-state index in [1.54, 1.807) is 12.1 Å². The second-order valence-corrected chi connectivity index (χ2v) is 9.65. The number of hydrogen-bond acceptors (Lipinski definition) is 5. The lowest BCUT2D eigenvalue weighted by molar-refractivity contribution is -0.118. The molecule has 1 saturated carbocycles. The van der Waals surface area contributed by atoms with E-state index in [0.29, 0.717) is 52.0 Å². The Hall–Kier alpha value is -3.13. The van der Waals surface area contributed by atoms with Crippen molar-refractivity contribution < 1.29 is 23.8 Å². The largest absolute Gasteiger partial charge is 0.482 e. The van der Waals surface area contributed by atoms with Crippen molar-refractivity contribution in [1.29, 1.82) is 0 Å². The molecular formula is C25H28ClN3O5. The molecule has 2 aromatic carbocycles. The summed E-state index contributed by atoms with van der Waals surface area (Å²) in [6.07, 6.45) is 3.18. The molecule has 2 aromatic rings. The summed E-state index contributed by atoms with van der Waals surface area (Å²) in [5.41, 5.74) is 1.90. The standard InChI is InChI=1S/C25H28ClN3O5/c1-14-4-3-5-20(15(14)2)29(11-16-6-7-21-23(8-16)34-13-33-21)25(31)28-18-10-22-19(9-17(18)26)27-24(30)12-32-22/h6-10,14-15,20H,3-5,11-13H2,1-2H3,(H,27,30)(H,28,31)/t14-,15-,20-/m1/s1. The summed E-state index contributed by atoms with van der Waals surface area (Å²) in [5, 5.41) is 6.03. The van der Waals surface area contributed by atoms with E-state index in [0.717, 1.165) is 24.8 Å². The molecule has 2 heterocycles. The first-order valence-electron chi connectivity index (χ1n) is 11.6. The van der Waals surface area contributed by atoms with E-state index >= 15 is 0 Å². The number of carbonyl (C=O) groups is 2. The number of nitrogens with zero attached hydrogens (tertiary/aromatic N) is 1. The third-order valence-electron chi connectivity index (χ3n) is 7.06. The molecule has 5 rings (SSSR count). The number of fused-ring (bicyclic) bond motifs is 2. The molecule has 2 N–H and O–H groups in total. The summed E-state index contributed by atoms with van der Waals surface area (Å²) in [6, 6.07) is 8.88. The maximum absolute atomic E-state index is 13.7. The number of ether oxygens (including phenoxy) is 3. The Labute approximate surface area is 203 Å². The van der Waals surface area contributed by atoms with Crippen LogP contribution in [0.2, 0.25) is 5.02 Å². The minimum absolute atomic E-state index is 0.0737. The quantitative estimate of drug-likeness (QED) is 0.616. The number of halogens is 1. The maximum atomic E-state index is 13.7. The Balaban J connectivity index is 1.41. The van der Waals surface area contributed by atoms with Crippen LogP contribution in [-0.4, -0.2) is 36.3 Å². The third kappa shape index (κ3) is 4.46. The lowest BCUT2D eigenvalue weighted by Crippen LogP contribution is -2.48. The number of amides is 3. The summed E-state index contributed by atoms with van der Waals surface area (Å²) >= 11 is 6.45. The summed E-state index contributed by atoms with van der Waals surface area (Å²) in [4.78, 5) is 27.2. The van der Waals surface area contributed by atoms with Gasteiger partial charge < -0.3 is 29.7 Å². The molecule has 0 unspecified atom stereocenters. The predicted octanol–water partition coefficient (Wildman–Crippen LogP) is 5.26. The molecule has 0 spiro atoms. The number of carbonyl (C=O) groups excluding carboxylic acids is 2. The first kappa shape index (κ1) is 22.7. The Morgan fingerprint density at radius 1 is 1.12 bits per heavy atom. The van der Waals surface area contributed by atoms with E-state index < -0.39 is 0 Å². The Bertz CT molecular complexity index is 1120. The molecule has 2 aliphatic heterocycles. The number of anilines is 2. The fourth-order valence-electron chi connectivity index (χ4n) is 4.95. The topological polar surface area (TPSA) is 89.1 Å². The van der Waals surface area contributed by atoms with Crippen molar-refractivity contribution >= 4 is 34.9 Å². The van der Waals surface area contributed by atoms with Gasteiger partial charge in [-0.2, -0.15) is 0 Å². The molecule has 0 saturated heterocycles. The lowest BCUT2D eigenvalue weighted by atomic mass is 9.77. The average Bonchev–Trinajstić information content (AvgIpc) is 3.28. The molecule has 8 nitrogen and oxygen atoms in total. The fourth-order valence-corrected chi connectivity index (χ4v) is 5.16. The second kappa shape index (κ2) is 9.25. The third-order valence-corrected chi connectivity index (χ3v) is 7.37. The molecule has 3 atom stereocenters. The number of benzene rings is 2. The van der Waals surface area contributed by atoms with Gasteiger partial charge in [0.1, 0.15) is 5.75 Å². The van der Waals surface area contributed by atoms with Crippen molar-refractivity contribution in [2.75, 3.05) is 24.0 Å². The smallest absolute Gasteiger partial charge is 0.322 e. The molecule has 1 aliphatic carbocycles. The van der Waals surface area contributed by atoms with Crippen LogP contribution in [0.4, 0.5) is 16.2 Å². The van der Waals surface area contributed by atoms with Crippen LogP contribution in [0, 0.1) is 11.8 Å². The zero-order valence-corrected chi connectivity index (χ0v) is 20.0. The van der Waals surface area contributed by atoms with Gasteiger partial charge in [-0.15, -0.1) is 0 Å². The van der Waals surface area contributed by atoms with E-state index in [1.807, 2.05) is 23.1 Å². The van der Waals surface area contributed by atoms with Crippen LogP contribution in [-0.2, 0) is 11.3 Å². The summed E-state index contributed by atoms with van der Waals surface area (Å²) < 4.78 is 16.5. The van der Waals surface area contributed by atoms with Gasteiger partial charge in [-0.1, -0.05) is 44.4 Å². The molecule has 3 aliphatic rings. The van der Waals surface area contributed by atoms with Crippen LogP contribution in [0.25, 0.3) is 0 Å². The molecule has 3 amide bonds. The number of rotatable bonds is 4. The van der Waals surface area contributed by atoms with E-state index in [-0.39, 0.29) is 31.4 Å². The number of hydrogen-bond donors (Lipinski definition) is 2. The van der Waals surface area contributed by atoms with Crippen molar-refractivity contribution in [1.82, 2.24) is 4.90 Å². The molecule has 180 valence electrons. The highest BCUT2D eigenvalue weighted by atomic mass is 35.5. The zero-order valence-electron chi connectivity index (χ0n) is 19.2. The molecule has 0 aromatic heterocycles. The SMILES string of the molecule is C[C@@H]1[C@H](C)CCC[C@H]1N(Cc1ccc2c(c1)OCO2)C(=O)Nc1cc2c(cc1Cl)NC(=O)CO2. The van der Waals surface area contributed by atoms with Gasteiger partial charge in [0.05, 0.1) is 16.4 Å². The lowest BCUT2D eigenvalue weighted by Gasteiger charge is -2.41. The Morgan fingerprint density at radius 2 is 1.94 bits per heavy atom. The minimum Gasteiger partial charge on any atom is -0.482 e. The van der Waals surface area contributed by atoms with Crippen LogP contribution >= 0.6 is 11.6 Å². The van der Waals surface area contributed by atoms with Gasteiger partial charge in [-0.25, -0.2) is 4.79 Å². The van der Waals surface area contributed by atoms with Gasteiger partial charge in [-0.3, -0.25) is 4.79 Å². The van der Waals surface area contributed by atoms with E-state index in [4.69, 9.17) is 25.8 Å². The van der Waals surface area contributed by atoms with Crippen molar-refractivity contribution in [3.8, 4) is 17.2 Å². The summed E-state index contributed by atoms with van der Waals surface area (Å²) in [6.45, 7) is 5.03. The van der Waals surface area contributed by atoms with Crippen LogP contribution in [0.1, 0.15) is 38.7 Å². The predicted molar refractivity (Wildman–Crippen MR) is 129 cm³/mol. The summed E-state index contributed by atoms with van der Waals surface area (Å²) in [7, 11) is 0. The van der Waals surface area contributed by atoms with Crippen LogP contribution < -0.4 is 24.8 Å². The van der Waals surface area contributed by atoms with Gasteiger partial charge in [0.25, 0.3) is 5.91 Å². The van der Waals surface area contributed by atoms with Crippen molar-refractivity contribution in [3.63, 3.8) is 0 Å². The molecule has 1 fully saturated rings. The van der Waals surface area contributed by atoms with E-state index in [1.165, 1.54) is 0 Å². The monoisotopic (exact) mass is 485 g/mol. The van der Waals surface area contributed by atoms with Gasteiger partial charge in [0.2, 0.25) is 6.79 Å². The van der Waals surface area contributed by atoms with Crippen molar-refractivity contribution in [3.05, 3.63) is 40.9 Å². The Morgan fingerprint density at radius 3 is 2.79 bits per heavy atom. The highest BCUT2D eigenvalue weighted by Crippen LogP contribution is 2.39. The van der Waals surface area contributed by atoms with Crippen molar-refractivity contribution in [2.45, 2.75) is 45.7 Å². The van der Waals surface area contributed by atoms with Crippen LogP contribution in [0.15, 0.2) is 30.3 Å². The highest BCUT2D eigenvalue weighted by molar-refractivity contribution is 6.34. The minimum atomic E-state index is -0.240. The number of nitrogens with one attached hydrogen (secondary N) is 2. The Kier molecular flexibility index (Phi) is 6.16. The highest BCUT2D eigenvalue weighted by Gasteiger charge is 2.35. The molecular weight excluding hydrogens is 458 g/mol. The van der Waals surface area contributed by atoms with Gasteiger partial charge >= 0.3 is 6.03 Å². The van der Waals surface area contributed by atoms with Gasteiger partial charge in [0.15, 0.2) is 18.1 Å². The fraction of sp³-hybridized carbons (Fsp3) is 0.440. The number of urea groups is 1. The second-order valence-electron chi connectivity index (χ2n) is 9.25.